The zero-order valence-electron chi connectivity index (χ0n) is 18.1. The van der Waals surface area contributed by atoms with Crippen molar-refractivity contribution in [3.8, 4) is 11.4 Å². The summed E-state index contributed by atoms with van der Waals surface area (Å²) in [6, 6.07) is 8.32. The quantitative estimate of drug-likeness (QED) is 0.410. The molecule has 0 unspecified atom stereocenters. The minimum absolute atomic E-state index is 0.0872. The molecular weight excluding hydrogens is 438 g/mol. The Morgan fingerprint density at radius 3 is 2.91 bits per heavy atom. The summed E-state index contributed by atoms with van der Waals surface area (Å²) in [5.41, 5.74) is 4.49. The largest absolute Gasteiger partial charge is 0.391 e. The van der Waals surface area contributed by atoms with Gasteiger partial charge in [0.25, 0.3) is 0 Å². The normalized spacial score (nSPS) is 18.8. The van der Waals surface area contributed by atoms with Gasteiger partial charge in [0.2, 0.25) is 5.82 Å². The van der Waals surface area contributed by atoms with Crippen molar-refractivity contribution < 1.29 is 5.11 Å². The lowest BCUT2D eigenvalue weighted by molar-refractivity contribution is 0.116. The summed E-state index contributed by atoms with van der Waals surface area (Å²) in [5, 5.41) is 26.7. The van der Waals surface area contributed by atoms with Crippen LogP contribution in [0.15, 0.2) is 36.8 Å². The molecule has 1 aromatic carbocycles. The van der Waals surface area contributed by atoms with Gasteiger partial charge in [0, 0.05) is 11.8 Å². The Kier molecular flexibility index (Phi) is 4.99. The molecule has 0 saturated heterocycles. The minimum Gasteiger partial charge on any atom is -0.391 e. The molecule has 11 heteroatoms. The van der Waals surface area contributed by atoms with E-state index in [0.29, 0.717) is 12.4 Å². The Hall–Kier alpha value is -3.44. The molecule has 0 radical (unpaired) electrons. The first kappa shape index (κ1) is 20.2. The Balaban J connectivity index is 1.23. The number of aliphatic hydroxyl groups is 1. The third-order valence-electron chi connectivity index (χ3n) is 6.07. The lowest BCUT2D eigenvalue weighted by Crippen LogP contribution is -2.36. The molecule has 1 aliphatic rings. The van der Waals surface area contributed by atoms with Crippen LogP contribution < -0.4 is 5.32 Å². The molecule has 1 fully saturated rings. The summed E-state index contributed by atoms with van der Waals surface area (Å²) >= 11 is 1.63. The van der Waals surface area contributed by atoms with Gasteiger partial charge in [0.15, 0.2) is 10.8 Å². The maximum absolute atomic E-state index is 10.3. The summed E-state index contributed by atoms with van der Waals surface area (Å²) in [6.07, 6.45) is 7.34. The number of aliphatic hydroxyl groups excluding tert-OH is 1. The molecule has 0 bridgehead atoms. The molecule has 4 aromatic heterocycles. The van der Waals surface area contributed by atoms with E-state index < -0.39 is 0 Å². The van der Waals surface area contributed by atoms with Gasteiger partial charge in [-0.05, 0) is 41.8 Å². The molecule has 33 heavy (non-hydrogen) atoms. The second kappa shape index (κ2) is 8.16. The van der Waals surface area contributed by atoms with Gasteiger partial charge >= 0.3 is 0 Å². The number of hydrogen-bond donors (Lipinski definition) is 2. The lowest BCUT2D eigenvalue weighted by atomic mass is 9.93. The Morgan fingerprint density at radius 1 is 1.15 bits per heavy atom. The van der Waals surface area contributed by atoms with Gasteiger partial charge in [-0.2, -0.15) is 4.80 Å². The fraction of sp³-hybridized carbons (Fsp3) is 0.364. The van der Waals surface area contributed by atoms with Gasteiger partial charge in [-0.15, -0.1) is 10.2 Å². The van der Waals surface area contributed by atoms with Crippen molar-refractivity contribution in [1.29, 1.82) is 0 Å². The number of imidazole rings is 1. The molecule has 6 rings (SSSR count). The van der Waals surface area contributed by atoms with Crippen LogP contribution in [-0.2, 0) is 13.6 Å². The minimum atomic E-state index is -0.298. The number of anilines is 1. The highest BCUT2D eigenvalue weighted by Gasteiger charge is 2.23. The monoisotopic (exact) mass is 461 g/mol. The van der Waals surface area contributed by atoms with E-state index in [4.69, 9.17) is 4.98 Å². The first-order valence-electron chi connectivity index (χ1n) is 11.0. The number of benzene rings is 1. The standard InChI is InChI=1S/C22H23N9OS/c1-30-28-20(27-29-30)14-9-17-21(23-10-14)31(12-24-17)11-13-6-7-16-19(8-13)33-22(26-16)25-15-4-2-3-5-18(15)32/h6-10,12,15,18,32H,2-5,11H2,1H3,(H,25,26)/t15-,18-/m1/s1. The van der Waals surface area contributed by atoms with E-state index in [0.717, 1.165) is 63.3 Å². The van der Waals surface area contributed by atoms with Gasteiger partial charge in [0.1, 0.15) is 5.52 Å². The number of rotatable bonds is 5. The van der Waals surface area contributed by atoms with E-state index in [1.165, 1.54) is 4.80 Å². The molecule has 2 atom stereocenters. The van der Waals surface area contributed by atoms with Gasteiger partial charge in [-0.3, -0.25) is 0 Å². The van der Waals surface area contributed by atoms with Crippen LogP contribution in [0, 0.1) is 0 Å². The Morgan fingerprint density at radius 2 is 2.06 bits per heavy atom. The van der Waals surface area contributed by atoms with Gasteiger partial charge in [-0.1, -0.05) is 30.2 Å². The first-order chi connectivity index (χ1) is 16.1. The van der Waals surface area contributed by atoms with Crippen LogP contribution in [0.1, 0.15) is 31.2 Å². The molecule has 0 spiro atoms. The Bertz CT molecular complexity index is 1440. The van der Waals surface area contributed by atoms with Crippen LogP contribution in [-0.4, -0.2) is 57.0 Å². The van der Waals surface area contributed by atoms with E-state index in [2.05, 4.69) is 42.8 Å². The maximum atomic E-state index is 10.3. The van der Waals surface area contributed by atoms with Crippen molar-refractivity contribution in [2.75, 3.05) is 5.32 Å². The second-order valence-electron chi connectivity index (χ2n) is 8.47. The van der Waals surface area contributed by atoms with Crippen molar-refractivity contribution in [3.63, 3.8) is 0 Å². The molecule has 0 aliphatic heterocycles. The zero-order chi connectivity index (χ0) is 22.4. The molecule has 0 amide bonds. The van der Waals surface area contributed by atoms with E-state index in [-0.39, 0.29) is 12.1 Å². The van der Waals surface area contributed by atoms with Crippen LogP contribution in [0.4, 0.5) is 5.13 Å². The molecule has 1 aliphatic carbocycles. The summed E-state index contributed by atoms with van der Waals surface area (Å²) in [7, 11) is 1.73. The van der Waals surface area contributed by atoms with Crippen LogP contribution in [0.5, 0.6) is 0 Å². The molecule has 168 valence electrons. The lowest BCUT2D eigenvalue weighted by Gasteiger charge is -2.27. The van der Waals surface area contributed by atoms with Gasteiger partial charge in [-0.25, -0.2) is 15.0 Å². The zero-order valence-corrected chi connectivity index (χ0v) is 18.9. The fourth-order valence-corrected chi connectivity index (χ4v) is 5.34. The third kappa shape index (κ3) is 3.93. The van der Waals surface area contributed by atoms with Crippen LogP contribution in [0.2, 0.25) is 0 Å². The predicted molar refractivity (Wildman–Crippen MR) is 126 cm³/mol. The highest BCUT2D eigenvalue weighted by atomic mass is 32.1. The summed E-state index contributed by atoms with van der Waals surface area (Å²) < 4.78 is 3.15. The van der Waals surface area contributed by atoms with E-state index in [1.807, 2.05) is 16.7 Å². The fourth-order valence-electron chi connectivity index (χ4n) is 4.35. The van der Waals surface area contributed by atoms with Crippen molar-refractivity contribution in [3.05, 3.63) is 42.4 Å². The number of nitrogens with zero attached hydrogens (tertiary/aromatic N) is 8. The van der Waals surface area contributed by atoms with Crippen LogP contribution in [0.3, 0.4) is 0 Å². The van der Waals surface area contributed by atoms with Crippen molar-refractivity contribution in [1.82, 2.24) is 39.7 Å². The number of tetrazole rings is 1. The van der Waals surface area contributed by atoms with Crippen molar-refractivity contribution >= 4 is 37.8 Å². The van der Waals surface area contributed by atoms with E-state index in [9.17, 15) is 5.11 Å². The summed E-state index contributed by atoms with van der Waals surface area (Å²) in [6.45, 7) is 0.657. The number of thiazole rings is 1. The topological polar surface area (TPSA) is 119 Å². The van der Waals surface area contributed by atoms with Gasteiger partial charge in [0.05, 0.1) is 42.3 Å². The van der Waals surface area contributed by atoms with Gasteiger partial charge < -0.3 is 15.0 Å². The highest BCUT2D eigenvalue weighted by molar-refractivity contribution is 7.22. The summed E-state index contributed by atoms with van der Waals surface area (Å²) in [4.78, 5) is 15.3. The molecule has 5 aromatic rings. The average molecular weight is 462 g/mol. The van der Waals surface area contributed by atoms with Crippen LogP contribution in [0.25, 0.3) is 32.8 Å². The molecule has 2 N–H and O–H groups in total. The number of hydrogen-bond acceptors (Lipinski definition) is 9. The average Bonchev–Trinajstić information content (AvgIpc) is 3.53. The second-order valence-corrected chi connectivity index (χ2v) is 9.50. The first-order valence-corrected chi connectivity index (χ1v) is 11.8. The number of fused-ring (bicyclic) bond motifs is 2. The van der Waals surface area contributed by atoms with E-state index in [1.54, 1.807) is 30.9 Å². The molecule has 10 nitrogen and oxygen atoms in total. The number of aryl methyl sites for hydroxylation is 1. The maximum Gasteiger partial charge on any atom is 0.206 e. The number of pyridine rings is 1. The van der Waals surface area contributed by atoms with Crippen molar-refractivity contribution in [2.24, 2.45) is 7.05 Å². The number of nitrogens with one attached hydrogen (secondary N) is 1. The molecular formula is C22H23N9OS. The Labute approximate surface area is 193 Å². The number of aromatic nitrogens is 8. The smallest absolute Gasteiger partial charge is 0.206 e. The summed E-state index contributed by atoms with van der Waals surface area (Å²) in [5.74, 6) is 0.530. The highest BCUT2D eigenvalue weighted by Crippen LogP contribution is 2.30. The van der Waals surface area contributed by atoms with Crippen LogP contribution >= 0.6 is 11.3 Å². The van der Waals surface area contributed by atoms with E-state index >= 15 is 0 Å². The molecule has 1 saturated carbocycles. The molecule has 4 heterocycles. The third-order valence-corrected chi connectivity index (χ3v) is 7.02. The van der Waals surface area contributed by atoms with Crippen molar-refractivity contribution in [2.45, 2.75) is 44.4 Å². The predicted octanol–water partition coefficient (Wildman–Crippen LogP) is 3.00. The SMILES string of the molecule is Cn1nnc(-c2cnc3c(c2)ncn3Cc2ccc3nc(N[C@@H]4CCCC[C@H]4O)sc3c2)n1.